The van der Waals surface area contributed by atoms with Gasteiger partial charge in [0, 0.05) is 11.1 Å². The van der Waals surface area contributed by atoms with E-state index in [2.05, 4.69) is 0 Å². The van der Waals surface area contributed by atoms with Crippen molar-refractivity contribution in [3.63, 3.8) is 0 Å². The normalized spacial score (nSPS) is 11.9. The minimum absolute atomic E-state index is 0.201. The van der Waals surface area contributed by atoms with Gasteiger partial charge in [0.15, 0.2) is 0 Å². The number of rotatable bonds is 4. The first kappa shape index (κ1) is 22.5. The van der Waals surface area contributed by atoms with Crippen LogP contribution < -0.4 is 4.74 Å². The lowest BCUT2D eigenvalue weighted by Crippen LogP contribution is -2.09. The van der Waals surface area contributed by atoms with E-state index in [4.69, 9.17) is 4.74 Å². The van der Waals surface area contributed by atoms with Crippen molar-refractivity contribution in [2.45, 2.75) is 12.4 Å². The molecule has 33 heavy (non-hydrogen) atoms. The molecule has 0 unspecified atom stereocenters. The summed E-state index contributed by atoms with van der Waals surface area (Å²) in [4.78, 5) is 0. The Kier molecular flexibility index (Phi) is 5.89. The lowest BCUT2D eigenvalue weighted by Gasteiger charge is -2.21. The maximum Gasteiger partial charge on any atom is 0.417 e. The summed E-state index contributed by atoms with van der Waals surface area (Å²) in [6.45, 7) is 0. The number of ether oxygens (including phenoxy) is 1. The van der Waals surface area contributed by atoms with E-state index in [0.717, 1.165) is 12.1 Å². The van der Waals surface area contributed by atoms with Gasteiger partial charge in [-0.25, -0.2) is 0 Å². The van der Waals surface area contributed by atoms with Gasteiger partial charge in [0.1, 0.15) is 11.5 Å². The molecule has 0 saturated heterocycles. The summed E-state index contributed by atoms with van der Waals surface area (Å²) < 4.78 is 88.7. The summed E-state index contributed by atoms with van der Waals surface area (Å²) in [5.74, 6) is -0.403. The molecular formula is C26H16F6O. The maximum absolute atomic E-state index is 13.8. The van der Waals surface area contributed by atoms with Crippen molar-refractivity contribution in [3.05, 3.63) is 108 Å². The number of hydrogen-bond acceptors (Lipinski definition) is 1. The molecule has 0 spiro atoms. The summed E-state index contributed by atoms with van der Waals surface area (Å²) in [7, 11) is 0. The second-order valence-electron chi connectivity index (χ2n) is 7.19. The average Bonchev–Trinajstić information content (AvgIpc) is 2.79. The first-order chi connectivity index (χ1) is 15.7. The molecule has 168 valence electrons. The van der Waals surface area contributed by atoms with Crippen molar-refractivity contribution in [1.82, 2.24) is 0 Å². The van der Waals surface area contributed by atoms with Crippen LogP contribution in [0.5, 0.6) is 11.5 Å². The summed E-state index contributed by atoms with van der Waals surface area (Å²) >= 11 is 0. The highest BCUT2D eigenvalue weighted by atomic mass is 19.4. The fourth-order valence-corrected chi connectivity index (χ4v) is 3.63. The topological polar surface area (TPSA) is 9.23 Å². The molecule has 0 amide bonds. The van der Waals surface area contributed by atoms with Crippen LogP contribution in [0, 0.1) is 0 Å². The quantitative estimate of drug-likeness (QED) is 0.278. The highest BCUT2D eigenvalue weighted by molar-refractivity contribution is 5.78. The summed E-state index contributed by atoms with van der Waals surface area (Å²) in [6, 6.07) is 22.3. The highest BCUT2D eigenvalue weighted by Gasteiger charge is 2.37. The molecule has 0 radical (unpaired) electrons. The van der Waals surface area contributed by atoms with Gasteiger partial charge in [0.2, 0.25) is 0 Å². The van der Waals surface area contributed by atoms with Gasteiger partial charge in [0.05, 0.1) is 11.1 Å². The zero-order valence-corrected chi connectivity index (χ0v) is 16.9. The van der Waals surface area contributed by atoms with Gasteiger partial charge in [-0.1, -0.05) is 72.8 Å². The number of alkyl halides is 6. The number of hydrogen-bond donors (Lipinski definition) is 0. The van der Waals surface area contributed by atoms with Crippen LogP contribution in [0.2, 0.25) is 0 Å². The summed E-state index contributed by atoms with van der Waals surface area (Å²) in [5.41, 5.74) is -1.93. The third-order valence-electron chi connectivity index (χ3n) is 5.01. The Hall–Kier alpha value is -3.74. The molecule has 0 atom stereocenters. The molecule has 0 saturated carbocycles. The molecule has 0 heterocycles. The average molecular weight is 458 g/mol. The van der Waals surface area contributed by atoms with Crippen molar-refractivity contribution in [3.8, 4) is 33.8 Å². The Morgan fingerprint density at radius 3 is 1.12 bits per heavy atom. The molecular weight excluding hydrogens is 442 g/mol. The van der Waals surface area contributed by atoms with Gasteiger partial charge >= 0.3 is 12.4 Å². The van der Waals surface area contributed by atoms with Gasteiger partial charge in [-0.2, -0.15) is 26.3 Å². The van der Waals surface area contributed by atoms with Crippen LogP contribution in [-0.2, 0) is 12.4 Å². The molecule has 4 rings (SSSR count). The van der Waals surface area contributed by atoms with Crippen LogP contribution in [-0.4, -0.2) is 0 Å². The molecule has 0 aliphatic carbocycles. The first-order valence-corrected chi connectivity index (χ1v) is 9.85. The minimum atomic E-state index is -4.69. The molecule has 0 aliphatic heterocycles. The van der Waals surface area contributed by atoms with Crippen LogP contribution in [0.3, 0.4) is 0 Å². The molecule has 4 aromatic carbocycles. The summed E-state index contributed by atoms with van der Waals surface area (Å²) in [6.07, 6.45) is -9.39. The molecule has 0 aliphatic rings. The monoisotopic (exact) mass is 458 g/mol. The predicted molar refractivity (Wildman–Crippen MR) is 114 cm³/mol. The second-order valence-corrected chi connectivity index (χ2v) is 7.19. The fourth-order valence-electron chi connectivity index (χ4n) is 3.63. The van der Waals surface area contributed by atoms with Crippen molar-refractivity contribution in [2.75, 3.05) is 0 Å². The van der Waals surface area contributed by atoms with E-state index in [1.807, 2.05) is 0 Å². The third kappa shape index (κ3) is 4.72. The lowest BCUT2D eigenvalue weighted by atomic mass is 9.97. The van der Waals surface area contributed by atoms with Crippen LogP contribution in [0.1, 0.15) is 11.1 Å². The van der Waals surface area contributed by atoms with E-state index < -0.39 is 23.5 Å². The van der Waals surface area contributed by atoms with Crippen molar-refractivity contribution in [1.29, 1.82) is 0 Å². The predicted octanol–water partition coefficient (Wildman–Crippen LogP) is 8.85. The van der Waals surface area contributed by atoms with Crippen molar-refractivity contribution < 1.29 is 31.1 Å². The Bertz CT molecular complexity index is 1150. The Morgan fingerprint density at radius 2 is 0.788 bits per heavy atom. The van der Waals surface area contributed by atoms with Gasteiger partial charge in [0.25, 0.3) is 0 Å². The van der Waals surface area contributed by atoms with Gasteiger partial charge in [-0.05, 0) is 35.4 Å². The molecule has 4 aromatic rings. The smallest absolute Gasteiger partial charge is 0.417 e. The zero-order valence-electron chi connectivity index (χ0n) is 16.9. The number of benzene rings is 4. The van der Waals surface area contributed by atoms with Gasteiger partial charge in [-0.15, -0.1) is 0 Å². The van der Waals surface area contributed by atoms with Gasteiger partial charge < -0.3 is 4.74 Å². The molecule has 7 heteroatoms. The van der Waals surface area contributed by atoms with Crippen LogP contribution in [0.4, 0.5) is 26.3 Å². The van der Waals surface area contributed by atoms with Crippen LogP contribution in [0.15, 0.2) is 97.1 Å². The second kappa shape index (κ2) is 8.65. The lowest BCUT2D eigenvalue weighted by molar-refractivity contribution is -0.137. The van der Waals surface area contributed by atoms with Crippen molar-refractivity contribution >= 4 is 0 Å². The largest absolute Gasteiger partial charge is 0.456 e. The van der Waals surface area contributed by atoms with E-state index in [0.29, 0.717) is 0 Å². The van der Waals surface area contributed by atoms with Gasteiger partial charge in [-0.3, -0.25) is 0 Å². The molecule has 0 N–H and O–H groups in total. The van der Waals surface area contributed by atoms with E-state index in [9.17, 15) is 26.3 Å². The fraction of sp³-hybridized carbons (Fsp3) is 0.0769. The summed E-state index contributed by atoms with van der Waals surface area (Å²) in [5, 5.41) is 0. The van der Waals surface area contributed by atoms with E-state index in [1.165, 1.54) is 48.5 Å². The van der Waals surface area contributed by atoms with Crippen molar-refractivity contribution in [2.24, 2.45) is 0 Å². The van der Waals surface area contributed by atoms with E-state index >= 15 is 0 Å². The van der Waals surface area contributed by atoms with Crippen LogP contribution in [0.25, 0.3) is 22.3 Å². The van der Waals surface area contributed by atoms with E-state index in [-0.39, 0.29) is 33.8 Å². The Morgan fingerprint density at radius 1 is 0.424 bits per heavy atom. The Balaban J connectivity index is 1.95. The molecule has 0 bridgehead atoms. The standard InChI is InChI=1S/C26H16F6O/c27-25(28,29)19-13-7-15-21(23(19)17-9-3-1-4-10-17)33-22-16-8-14-20(26(30,31)32)24(22)18-11-5-2-6-12-18/h1-16H. The first-order valence-electron chi connectivity index (χ1n) is 9.85. The molecule has 0 aromatic heterocycles. The third-order valence-corrected chi connectivity index (χ3v) is 5.01. The number of halogens is 6. The Labute approximate surface area is 185 Å². The highest BCUT2D eigenvalue weighted by Crippen LogP contribution is 2.47. The maximum atomic E-state index is 13.8. The van der Waals surface area contributed by atoms with E-state index in [1.54, 1.807) is 36.4 Å². The minimum Gasteiger partial charge on any atom is -0.456 e. The molecule has 0 fully saturated rings. The SMILES string of the molecule is FC(F)(F)c1cccc(Oc2cccc(C(F)(F)F)c2-c2ccccc2)c1-c1ccccc1. The van der Waals surface area contributed by atoms with Crippen LogP contribution >= 0.6 is 0 Å². The molecule has 1 nitrogen and oxygen atoms in total. The zero-order chi connectivity index (χ0) is 23.6.